The molecule has 1 heterocycles. The number of aliphatic hydroxyl groups is 1. The second-order valence-electron chi connectivity index (χ2n) is 6.43. The number of carbonyl (C=O) groups is 3. The summed E-state index contributed by atoms with van der Waals surface area (Å²) in [5.74, 6) is 0.0863. The Bertz CT molecular complexity index is 400. The summed E-state index contributed by atoms with van der Waals surface area (Å²) in [4.78, 5) is 33.0. The van der Waals surface area contributed by atoms with Gasteiger partial charge in [-0.3, -0.25) is 14.4 Å². The lowest BCUT2D eigenvalue weighted by molar-refractivity contribution is -0.130. The van der Waals surface area contributed by atoms with Gasteiger partial charge in [0.2, 0.25) is 5.91 Å². The van der Waals surface area contributed by atoms with Gasteiger partial charge in [-0.1, -0.05) is 34.6 Å². The molecule has 0 aromatic carbocycles. The number of hydrogen-bond donors (Lipinski definition) is 3. The fourth-order valence-electron chi connectivity index (χ4n) is 1.89. The van der Waals surface area contributed by atoms with Gasteiger partial charge in [-0.2, -0.15) is 0 Å². The zero-order chi connectivity index (χ0) is 21.2. The van der Waals surface area contributed by atoms with Crippen LogP contribution in [0.2, 0.25) is 0 Å². The van der Waals surface area contributed by atoms with E-state index in [1.165, 1.54) is 0 Å². The van der Waals surface area contributed by atoms with E-state index < -0.39 is 6.04 Å². The lowest BCUT2D eigenvalue weighted by Gasteiger charge is -2.20. The standard InChI is InChI=1S/C14H26N2O4.C3H6O2.C2H6/c1-9(2)6-11(16-14(19)12-8-20-12)13(18)15-5-4-10(3)7-17;1-2-5-3-4;1-2/h9-12,17H,4-8H2,1-3H3,(H,15,18)(H,16,19);3H,2H2,1H3;1-2H3. The van der Waals surface area contributed by atoms with Crippen molar-refractivity contribution in [2.45, 2.75) is 66.5 Å². The van der Waals surface area contributed by atoms with Crippen LogP contribution in [0.25, 0.3) is 0 Å². The summed E-state index contributed by atoms with van der Waals surface area (Å²) >= 11 is 0. The van der Waals surface area contributed by atoms with Crippen molar-refractivity contribution in [1.82, 2.24) is 10.6 Å². The van der Waals surface area contributed by atoms with Gasteiger partial charge in [0.25, 0.3) is 12.4 Å². The van der Waals surface area contributed by atoms with Crippen molar-refractivity contribution in [3.63, 3.8) is 0 Å². The number of rotatable bonds is 11. The summed E-state index contributed by atoms with van der Waals surface area (Å²) in [6.45, 7) is 13.7. The minimum atomic E-state index is -0.517. The molecule has 0 radical (unpaired) electrons. The highest BCUT2D eigenvalue weighted by Gasteiger charge is 2.34. The van der Waals surface area contributed by atoms with Crippen molar-refractivity contribution in [2.24, 2.45) is 11.8 Å². The van der Waals surface area contributed by atoms with E-state index in [9.17, 15) is 14.4 Å². The maximum atomic E-state index is 12.1. The predicted molar refractivity (Wildman–Crippen MR) is 104 cm³/mol. The molecule has 1 rings (SSSR count). The highest BCUT2D eigenvalue weighted by Crippen LogP contribution is 2.11. The Morgan fingerprint density at radius 2 is 1.89 bits per heavy atom. The molecule has 3 N–H and O–H groups in total. The lowest BCUT2D eigenvalue weighted by atomic mass is 10.0. The second kappa shape index (κ2) is 17.7. The normalized spacial score (nSPS) is 16.5. The highest BCUT2D eigenvalue weighted by molar-refractivity contribution is 5.90. The maximum Gasteiger partial charge on any atom is 0.293 e. The summed E-state index contributed by atoms with van der Waals surface area (Å²) in [6, 6.07) is -0.517. The van der Waals surface area contributed by atoms with Crippen LogP contribution in [0.1, 0.15) is 54.4 Å². The molecule has 160 valence electrons. The predicted octanol–water partition coefficient (Wildman–Crippen LogP) is 1.26. The van der Waals surface area contributed by atoms with Gasteiger partial charge in [-0.15, -0.1) is 0 Å². The molecule has 0 bridgehead atoms. The fraction of sp³-hybridized carbons (Fsp3) is 0.842. The lowest BCUT2D eigenvalue weighted by Crippen LogP contribution is -2.49. The first-order valence-electron chi connectivity index (χ1n) is 9.71. The van der Waals surface area contributed by atoms with Crippen LogP contribution in [0.3, 0.4) is 0 Å². The molecule has 1 fully saturated rings. The first-order valence-corrected chi connectivity index (χ1v) is 9.71. The summed E-state index contributed by atoms with van der Waals surface area (Å²) in [5.41, 5.74) is 0. The molecule has 2 amide bonds. The van der Waals surface area contributed by atoms with Gasteiger partial charge in [0.15, 0.2) is 6.10 Å². The number of carbonyl (C=O) groups excluding carboxylic acids is 3. The van der Waals surface area contributed by atoms with Crippen LogP contribution in [-0.4, -0.2) is 61.9 Å². The summed E-state index contributed by atoms with van der Waals surface area (Å²) in [6.07, 6.45) is 0.933. The van der Waals surface area contributed by atoms with Crippen molar-refractivity contribution < 1.29 is 29.0 Å². The van der Waals surface area contributed by atoms with E-state index in [2.05, 4.69) is 15.4 Å². The Morgan fingerprint density at radius 1 is 1.30 bits per heavy atom. The van der Waals surface area contributed by atoms with Crippen molar-refractivity contribution in [1.29, 1.82) is 0 Å². The Morgan fingerprint density at radius 3 is 2.26 bits per heavy atom. The molecule has 3 atom stereocenters. The van der Waals surface area contributed by atoms with Gasteiger partial charge in [0.1, 0.15) is 6.04 Å². The molecule has 3 unspecified atom stereocenters. The Labute approximate surface area is 163 Å². The molecule has 8 heteroatoms. The molecule has 1 aliphatic heterocycles. The van der Waals surface area contributed by atoms with Gasteiger partial charge in [-0.05, 0) is 31.6 Å². The van der Waals surface area contributed by atoms with Crippen LogP contribution in [0, 0.1) is 11.8 Å². The average molecular weight is 391 g/mol. The SMILES string of the molecule is CC.CC(C)CC(NC(=O)C1CO1)C(=O)NCCC(C)CO.CCOC=O. The van der Waals surface area contributed by atoms with Crippen molar-refractivity contribution in [2.75, 3.05) is 26.4 Å². The van der Waals surface area contributed by atoms with E-state index in [4.69, 9.17) is 9.84 Å². The van der Waals surface area contributed by atoms with E-state index >= 15 is 0 Å². The molecule has 0 aromatic heterocycles. The molecule has 1 aliphatic rings. The molecule has 1 saturated heterocycles. The molecule has 0 saturated carbocycles. The van der Waals surface area contributed by atoms with Gasteiger partial charge in [0.05, 0.1) is 13.2 Å². The third kappa shape index (κ3) is 16.2. The Balaban J connectivity index is 0. The average Bonchev–Trinajstić information content (AvgIpc) is 3.48. The highest BCUT2D eigenvalue weighted by atomic mass is 16.6. The van der Waals surface area contributed by atoms with Gasteiger partial charge in [-0.25, -0.2) is 0 Å². The van der Waals surface area contributed by atoms with E-state index in [1.807, 2.05) is 34.6 Å². The monoisotopic (exact) mass is 390 g/mol. The summed E-state index contributed by atoms with van der Waals surface area (Å²) in [7, 11) is 0. The minimum absolute atomic E-state index is 0.112. The molecule has 27 heavy (non-hydrogen) atoms. The van der Waals surface area contributed by atoms with Gasteiger partial charge < -0.3 is 25.2 Å². The van der Waals surface area contributed by atoms with Crippen molar-refractivity contribution in [3.8, 4) is 0 Å². The van der Waals surface area contributed by atoms with Gasteiger partial charge >= 0.3 is 0 Å². The zero-order valence-electron chi connectivity index (χ0n) is 17.6. The smallest absolute Gasteiger partial charge is 0.293 e. The number of nitrogens with one attached hydrogen (secondary N) is 2. The number of hydrogen-bond acceptors (Lipinski definition) is 6. The summed E-state index contributed by atoms with van der Waals surface area (Å²) < 4.78 is 9.06. The quantitative estimate of drug-likeness (QED) is 0.361. The molecular formula is C19H38N2O6. The first kappa shape index (κ1) is 27.5. The molecule has 0 spiro atoms. The second-order valence-corrected chi connectivity index (χ2v) is 6.43. The maximum absolute atomic E-state index is 12.1. The van der Waals surface area contributed by atoms with E-state index in [0.717, 1.165) is 6.42 Å². The molecule has 8 nitrogen and oxygen atoms in total. The minimum Gasteiger partial charge on any atom is -0.468 e. The summed E-state index contributed by atoms with van der Waals surface area (Å²) in [5, 5.41) is 14.5. The van der Waals surface area contributed by atoms with Crippen LogP contribution in [0.15, 0.2) is 0 Å². The Kier molecular flexibility index (Phi) is 18.1. The Hall–Kier alpha value is -1.67. The van der Waals surface area contributed by atoms with Crippen LogP contribution in [-0.2, 0) is 23.9 Å². The largest absolute Gasteiger partial charge is 0.468 e. The number of epoxide rings is 1. The zero-order valence-corrected chi connectivity index (χ0v) is 17.6. The number of amides is 2. The van der Waals surface area contributed by atoms with Crippen LogP contribution >= 0.6 is 0 Å². The van der Waals surface area contributed by atoms with Crippen molar-refractivity contribution in [3.05, 3.63) is 0 Å². The topological polar surface area (TPSA) is 117 Å². The third-order valence-electron chi connectivity index (χ3n) is 3.45. The van der Waals surface area contributed by atoms with Gasteiger partial charge in [0, 0.05) is 13.2 Å². The van der Waals surface area contributed by atoms with Crippen LogP contribution in [0.5, 0.6) is 0 Å². The molecule has 0 aliphatic carbocycles. The fourth-order valence-corrected chi connectivity index (χ4v) is 1.89. The van der Waals surface area contributed by atoms with E-state index in [0.29, 0.717) is 38.6 Å². The van der Waals surface area contributed by atoms with Crippen LogP contribution in [0.4, 0.5) is 0 Å². The van der Waals surface area contributed by atoms with Crippen molar-refractivity contribution >= 4 is 18.3 Å². The molecule has 0 aromatic rings. The number of aliphatic hydroxyl groups excluding tert-OH is 1. The number of ether oxygens (including phenoxy) is 2. The third-order valence-corrected chi connectivity index (χ3v) is 3.45. The van der Waals surface area contributed by atoms with Crippen LogP contribution < -0.4 is 10.6 Å². The molecular weight excluding hydrogens is 352 g/mol. The van der Waals surface area contributed by atoms with E-state index in [-0.39, 0.29) is 30.4 Å². The first-order chi connectivity index (χ1) is 12.8. The van der Waals surface area contributed by atoms with E-state index in [1.54, 1.807) is 6.92 Å².